The smallest absolute Gasteiger partial charge is 0.416 e. The van der Waals surface area contributed by atoms with Gasteiger partial charge in [-0.2, -0.15) is 13.2 Å². The molecule has 0 saturated heterocycles. The molecule has 0 radical (unpaired) electrons. The topological polar surface area (TPSA) is 104 Å². The van der Waals surface area contributed by atoms with E-state index in [4.69, 9.17) is 16.7 Å². The molecule has 36 heavy (non-hydrogen) atoms. The Hall–Kier alpha value is -3.57. The molecule has 0 aliphatic heterocycles. The molecule has 3 aromatic rings. The first kappa shape index (κ1) is 27.0. The number of benzene rings is 3. The van der Waals surface area contributed by atoms with Crippen LogP contribution in [0.5, 0.6) is 0 Å². The van der Waals surface area contributed by atoms with Crippen LogP contribution in [0.1, 0.15) is 27.0 Å². The summed E-state index contributed by atoms with van der Waals surface area (Å²) >= 11 is 6.15. The van der Waals surface area contributed by atoms with Crippen molar-refractivity contribution in [3.63, 3.8) is 0 Å². The molecule has 3 rings (SSSR count). The lowest BCUT2D eigenvalue weighted by Gasteiger charge is -2.26. The lowest BCUT2D eigenvalue weighted by molar-refractivity contribution is -0.137. The Morgan fingerprint density at radius 1 is 1.03 bits per heavy atom. The third kappa shape index (κ3) is 6.16. The number of hydrogen-bond donors (Lipinski definition) is 2. The Morgan fingerprint density at radius 2 is 1.67 bits per heavy atom. The highest BCUT2D eigenvalue weighted by Crippen LogP contribution is 2.33. The summed E-state index contributed by atoms with van der Waals surface area (Å²) in [4.78, 5) is 23.5. The first-order valence-electron chi connectivity index (χ1n) is 10.3. The highest BCUT2D eigenvalue weighted by atomic mass is 35.5. The number of nitrogens with zero attached hydrogens (tertiary/aromatic N) is 1. The predicted molar refractivity (Wildman–Crippen MR) is 127 cm³/mol. The highest BCUT2D eigenvalue weighted by Gasteiger charge is 2.33. The van der Waals surface area contributed by atoms with Crippen molar-refractivity contribution in [2.75, 3.05) is 10.8 Å². The van der Waals surface area contributed by atoms with E-state index in [1.165, 1.54) is 36.4 Å². The summed E-state index contributed by atoms with van der Waals surface area (Å²) in [7, 11) is -4.48. The first-order valence-corrected chi connectivity index (χ1v) is 12.2. The van der Waals surface area contributed by atoms with Crippen LogP contribution in [0.25, 0.3) is 0 Å². The van der Waals surface area contributed by atoms with Crippen molar-refractivity contribution in [2.24, 2.45) is 0 Å². The van der Waals surface area contributed by atoms with E-state index in [0.29, 0.717) is 23.3 Å². The van der Waals surface area contributed by atoms with Crippen LogP contribution in [-0.2, 0) is 27.5 Å². The van der Waals surface area contributed by atoms with Gasteiger partial charge >= 0.3 is 12.1 Å². The summed E-state index contributed by atoms with van der Waals surface area (Å²) in [6, 6.07) is 13.2. The summed E-state index contributed by atoms with van der Waals surface area (Å²) in [5.74, 6) is -1.88. The Labute approximate surface area is 210 Å². The van der Waals surface area contributed by atoms with Gasteiger partial charge in [-0.1, -0.05) is 29.8 Å². The normalized spacial score (nSPS) is 11.7. The van der Waals surface area contributed by atoms with Gasteiger partial charge in [0.25, 0.3) is 10.0 Å². The minimum Gasteiger partial charge on any atom is -0.478 e. The van der Waals surface area contributed by atoms with Crippen molar-refractivity contribution in [1.82, 2.24) is 5.32 Å². The van der Waals surface area contributed by atoms with Gasteiger partial charge in [0.1, 0.15) is 6.54 Å². The average molecular weight is 541 g/mol. The van der Waals surface area contributed by atoms with E-state index >= 15 is 0 Å². The van der Waals surface area contributed by atoms with E-state index in [2.05, 4.69) is 5.32 Å². The summed E-state index contributed by atoms with van der Waals surface area (Å²) in [6.07, 6.45) is -4.65. The second-order valence-electron chi connectivity index (χ2n) is 7.70. The Kier molecular flexibility index (Phi) is 7.95. The number of rotatable bonds is 8. The van der Waals surface area contributed by atoms with Gasteiger partial charge in [0.2, 0.25) is 5.91 Å². The van der Waals surface area contributed by atoms with Gasteiger partial charge in [0, 0.05) is 11.6 Å². The van der Waals surface area contributed by atoms with Crippen molar-refractivity contribution in [3.8, 4) is 0 Å². The number of aromatic carboxylic acids is 1. The molecule has 12 heteroatoms. The molecular formula is C24H20ClF3N2O5S. The summed E-state index contributed by atoms with van der Waals surface area (Å²) in [5.41, 5.74) is -0.113. The molecule has 0 saturated carbocycles. The molecule has 0 aliphatic rings. The number of carbonyl (C=O) groups excluding carboxylic acids is 1. The maximum Gasteiger partial charge on any atom is 0.416 e. The summed E-state index contributed by atoms with van der Waals surface area (Å²) in [5, 5.41) is 11.9. The Balaban J connectivity index is 1.92. The number of nitrogens with one attached hydrogen (secondary N) is 1. The Morgan fingerprint density at radius 3 is 2.28 bits per heavy atom. The molecule has 0 aromatic heterocycles. The molecule has 0 unspecified atom stereocenters. The van der Waals surface area contributed by atoms with Crippen LogP contribution in [0.4, 0.5) is 18.9 Å². The molecule has 3 aromatic carbocycles. The van der Waals surface area contributed by atoms with Crippen LogP contribution in [0, 0.1) is 6.92 Å². The van der Waals surface area contributed by atoms with Gasteiger partial charge in [0.15, 0.2) is 0 Å². The minimum absolute atomic E-state index is 0.0165. The number of sulfonamides is 1. The summed E-state index contributed by atoms with van der Waals surface area (Å²) < 4.78 is 66.5. The number of carboxylic acid groups (broad SMARTS) is 1. The van der Waals surface area contributed by atoms with Crippen molar-refractivity contribution in [1.29, 1.82) is 0 Å². The molecule has 0 atom stereocenters. The van der Waals surface area contributed by atoms with Crippen molar-refractivity contribution < 1.29 is 36.3 Å². The predicted octanol–water partition coefficient (Wildman–Crippen LogP) is 4.88. The SMILES string of the molecule is Cc1c(Cl)cccc1N(CC(=O)NCc1cccc(C(=O)O)c1)S(=O)(=O)c1ccc(C(F)(F)F)cc1. The van der Waals surface area contributed by atoms with E-state index in [9.17, 15) is 31.2 Å². The molecule has 2 N–H and O–H groups in total. The third-order valence-corrected chi connectivity index (χ3v) is 7.41. The number of anilines is 1. The third-order valence-electron chi connectivity index (χ3n) is 5.23. The average Bonchev–Trinajstić information content (AvgIpc) is 2.83. The molecule has 0 heterocycles. The molecule has 1 amide bonds. The molecule has 7 nitrogen and oxygen atoms in total. The number of carbonyl (C=O) groups is 2. The monoisotopic (exact) mass is 540 g/mol. The molecule has 190 valence electrons. The number of hydrogen-bond acceptors (Lipinski definition) is 4. The van der Waals surface area contributed by atoms with Crippen LogP contribution < -0.4 is 9.62 Å². The maximum absolute atomic E-state index is 13.4. The second kappa shape index (κ2) is 10.6. The van der Waals surface area contributed by atoms with Gasteiger partial charge in [-0.15, -0.1) is 0 Å². The molecule has 0 aliphatic carbocycles. The van der Waals surface area contributed by atoms with Crippen molar-refractivity contribution in [3.05, 3.63) is 94.0 Å². The number of alkyl halides is 3. The zero-order valence-corrected chi connectivity index (χ0v) is 20.3. The fourth-order valence-corrected chi connectivity index (χ4v) is 4.96. The van der Waals surface area contributed by atoms with Gasteiger partial charge in [-0.3, -0.25) is 9.10 Å². The fourth-order valence-electron chi connectivity index (χ4n) is 3.31. The van der Waals surface area contributed by atoms with Crippen LogP contribution in [-0.4, -0.2) is 31.9 Å². The van der Waals surface area contributed by atoms with Crippen LogP contribution in [0.3, 0.4) is 0 Å². The second-order valence-corrected chi connectivity index (χ2v) is 9.97. The van der Waals surface area contributed by atoms with E-state index < -0.39 is 45.1 Å². The first-order chi connectivity index (χ1) is 16.8. The number of carboxylic acids is 1. The summed E-state index contributed by atoms with van der Waals surface area (Å²) in [6.45, 7) is 0.758. The van der Waals surface area contributed by atoms with Gasteiger partial charge < -0.3 is 10.4 Å². The zero-order chi connectivity index (χ0) is 26.7. The lowest BCUT2D eigenvalue weighted by atomic mass is 10.1. The van der Waals surface area contributed by atoms with E-state index in [1.807, 2.05) is 0 Å². The van der Waals surface area contributed by atoms with Crippen LogP contribution in [0.15, 0.2) is 71.6 Å². The van der Waals surface area contributed by atoms with Crippen molar-refractivity contribution >= 4 is 39.2 Å². The lowest BCUT2D eigenvalue weighted by Crippen LogP contribution is -2.41. The van der Waals surface area contributed by atoms with Gasteiger partial charge in [0.05, 0.1) is 21.7 Å². The maximum atomic E-state index is 13.4. The zero-order valence-electron chi connectivity index (χ0n) is 18.7. The fraction of sp³-hybridized carbons (Fsp3) is 0.167. The van der Waals surface area contributed by atoms with Gasteiger partial charge in [-0.25, -0.2) is 13.2 Å². The quantitative estimate of drug-likeness (QED) is 0.424. The molecule has 0 bridgehead atoms. The van der Waals surface area contributed by atoms with Gasteiger partial charge in [-0.05, 0) is 66.6 Å². The van der Waals surface area contributed by atoms with Crippen LogP contribution >= 0.6 is 11.6 Å². The van der Waals surface area contributed by atoms with E-state index in [0.717, 1.165) is 16.4 Å². The molecule has 0 fully saturated rings. The van der Waals surface area contributed by atoms with E-state index in [-0.39, 0.29) is 22.8 Å². The van der Waals surface area contributed by atoms with Crippen LogP contribution in [0.2, 0.25) is 5.02 Å². The number of amides is 1. The minimum atomic E-state index is -4.65. The van der Waals surface area contributed by atoms with Crippen molar-refractivity contribution in [2.45, 2.75) is 24.5 Å². The number of halogens is 4. The largest absolute Gasteiger partial charge is 0.478 e. The Bertz CT molecular complexity index is 1390. The standard InChI is InChI=1S/C24H20ClF3N2O5S/c1-15-20(25)6-3-7-21(15)30(36(34,35)19-10-8-18(9-11-19)24(26,27)28)14-22(31)29-13-16-4-2-5-17(12-16)23(32)33/h2-12H,13-14H2,1H3,(H,29,31)(H,32,33). The molecular weight excluding hydrogens is 521 g/mol. The van der Waals surface area contributed by atoms with E-state index in [1.54, 1.807) is 13.0 Å². The highest BCUT2D eigenvalue weighted by molar-refractivity contribution is 7.92. The molecule has 0 spiro atoms.